The van der Waals surface area contributed by atoms with Crippen molar-refractivity contribution in [1.29, 1.82) is 0 Å². The van der Waals surface area contributed by atoms with Gasteiger partial charge in [0.1, 0.15) is 0 Å². The molecule has 0 aromatic heterocycles. The molecule has 1 aliphatic rings. The maximum atomic E-state index is 3.76. The largest absolute Gasteiger partial charge is 0.313 e. The van der Waals surface area contributed by atoms with Gasteiger partial charge < -0.3 is 5.32 Å². The Hall–Kier alpha value is -0.0800. The zero-order chi connectivity index (χ0) is 13.8. The molecule has 0 heterocycles. The number of hydrogen-bond donors (Lipinski definition) is 1. The fourth-order valence-corrected chi connectivity index (χ4v) is 3.11. The Balaban J connectivity index is 2.22. The van der Waals surface area contributed by atoms with Crippen LogP contribution in [0.3, 0.4) is 0 Å². The van der Waals surface area contributed by atoms with E-state index in [4.69, 9.17) is 0 Å². The highest BCUT2D eigenvalue weighted by atomic mass is 15.2. The lowest BCUT2D eigenvalue weighted by molar-refractivity contribution is 0.164. The Morgan fingerprint density at radius 1 is 1.06 bits per heavy atom. The quantitative estimate of drug-likeness (QED) is 0.778. The third-order valence-corrected chi connectivity index (χ3v) is 4.47. The van der Waals surface area contributed by atoms with Crippen LogP contribution in [-0.4, -0.2) is 36.1 Å². The number of nitrogens with zero attached hydrogens (tertiary/aromatic N) is 1. The number of nitrogens with one attached hydrogen (secondary N) is 1. The predicted octanol–water partition coefficient (Wildman–Crippen LogP) is 3.66. The molecule has 1 saturated carbocycles. The third-order valence-electron chi connectivity index (χ3n) is 4.47. The van der Waals surface area contributed by atoms with Crippen molar-refractivity contribution in [1.82, 2.24) is 10.2 Å². The first-order chi connectivity index (χ1) is 8.32. The van der Waals surface area contributed by atoms with E-state index >= 15 is 0 Å². The van der Waals surface area contributed by atoms with E-state index in [1.54, 1.807) is 0 Å². The highest BCUT2D eigenvalue weighted by molar-refractivity contribution is 4.82. The Morgan fingerprint density at radius 2 is 1.56 bits per heavy atom. The smallest absolute Gasteiger partial charge is 0.0112 e. The van der Waals surface area contributed by atoms with Crippen molar-refractivity contribution in [2.75, 3.05) is 13.1 Å². The topological polar surface area (TPSA) is 15.3 Å². The van der Waals surface area contributed by atoms with E-state index in [0.29, 0.717) is 17.5 Å². The van der Waals surface area contributed by atoms with Crippen molar-refractivity contribution in [3.63, 3.8) is 0 Å². The predicted molar refractivity (Wildman–Crippen MR) is 81.0 cm³/mol. The molecule has 0 aromatic rings. The molecule has 0 aliphatic heterocycles. The average Bonchev–Trinajstić information content (AvgIpc) is 2.25. The first-order valence-corrected chi connectivity index (χ1v) is 7.81. The summed E-state index contributed by atoms with van der Waals surface area (Å²) in [5, 5.41) is 3.76. The van der Waals surface area contributed by atoms with Crippen molar-refractivity contribution >= 4 is 0 Å². The van der Waals surface area contributed by atoms with Crippen LogP contribution in [0.5, 0.6) is 0 Å². The Labute approximate surface area is 115 Å². The van der Waals surface area contributed by atoms with Gasteiger partial charge in [-0.2, -0.15) is 0 Å². The van der Waals surface area contributed by atoms with E-state index in [-0.39, 0.29) is 0 Å². The van der Waals surface area contributed by atoms with Gasteiger partial charge in [-0.1, -0.05) is 13.8 Å². The fourth-order valence-electron chi connectivity index (χ4n) is 3.11. The van der Waals surface area contributed by atoms with E-state index in [9.17, 15) is 0 Å². The molecular formula is C16H34N2. The average molecular weight is 254 g/mol. The lowest BCUT2D eigenvalue weighted by Gasteiger charge is -2.36. The van der Waals surface area contributed by atoms with Crippen molar-refractivity contribution in [3.8, 4) is 0 Å². The second-order valence-corrected chi connectivity index (χ2v) is 7.32. The van der Waals surface area contributed by atoms with Crippen molar-refractivity contribution in [2.45, 2.75) is 85.4 Å². The molecule has 0 atom stereocenters. The third kappa shape index (κ3) is 5.27. The SMILES string of the molecule is CC(C)N(CCNC1CCC(C)(C)CC1)C(C)C. The first kappa shape index (κ1) is 16.0. The summed E-state index contributed by atoms with van der Waals surface area (Å²) in [6.45, 7) is 16.3. The maximum Gasteiger partial charge on any atom is 0.0112 e. The van der Waals surface area contributed by atoms with Gasteiger partial charge in [-0.05, 0) is 58.8 Å². The molecule has 0 bridgehead atoms. The van der Waals surface area contributed by atoms with Gasteiger partial charge in [-0.25, -0.2) is 0 Å². The molecule has 0 spiro atoms. The summed E-state index contributed by atoms with van der Waals surface area (Å²) in [5.74, 6) is 0. The van der Waals surface area contributed by atoms with Gasteiger partial charge in [-0.3, -0.25) is 4.90 Å². The number of hydrogen-bond acceptors (Lipinski definition) is 2. The molecule has 1 aliphatic carbocycles. The Bertz CT molecular complexity index is 215. The molecule has 1 fully saturated rings. The molecular weight excluding hydrogens is 220 g/mol. The summed E-state index contributed by atoms with van der Waals surface area (Å²) in [4.78, 5) is 2.57. The first-order valence-electron chi connectivity index (χ1n) is 7.81. The molecule has 0 unspecified atom stereocenters. The molecule has 1 rings (SSSR count). The normalized spacial score (nSPS) is 21.2. The van der Waals surface area contributed by atoms with E-state index in [2.05, 4.69) is 51.8 Å². The minimum atomic E-state index is 0.583. The van der Waals surface area contributed by atoms with Crippen molar-refractivity contribution in [3.05, 3.63) is 0 Å². The van der Waals surface area contributed by atoms with Crippen LogP contribution >= 0.6 is 0 Å². The van der Waals surface area contributed by atoms with E-state index in [1.807, 2.05) is 0 Å². The van der Waals surface area contributed by atoms with Crippen LogP contribution < -0.4 is 5.32 Å². The summed E-state index contributed by atoms with van der Waals surface area (Å²) in [5.41, 5.74) is 0.583. The van der Waals surface area contributed by atoms with Gasteiger partial charge in [-0.15, -0.1) is 0 Å². The molecule has 2 heteroatoms. The molecule has 0 amide bonds. The van der Waals surface area contributed by atoms with Crippen LogP contribution in [0.25, 0.3) is 0 Å². The van der Waals surface area contributed by atoms with Gasteiger partial charge in [0.25, 0.3) is 0 Å². The molecule has 0 saturated heterocycles. The van der Waals surface area contributed by atoms with Crippen molar-refractivity contribution in [2.24, 2.45) is 5.41 Å². The molecule has 18 heavy (non-hydrogen) atoms. The highest BCUT2D eigenvalue weighted by Gasteiger charge is 2.26. The minimum Gasteiger partial charge on any atom is -0.313 e. The second-order valence-electron chi connectivity index (χ2n) is 7.32. The summed E-state index contributed by atoms with van der Waals surface area (Å²) < 4.78 is 0. The zero-order valence-corrected chi connectivity index (χ0v) is 13.4. The summed E-state index contributed by atoms with van der Waals surface area (Å²) >= 11 is 0. The second kappa shape index (κ2) is 6.91. The molecule has 1 N–H and O–H groups in total. The van der Waals surface area contributed by atoms with Crippen LogP contribution in [0.15, 0.2) is 0 Å². The summed E-state index contributed by atoms with van der Waals surface area (Å²) in [6.07, 6.45) is 5.47. The van der Waals surface area contributed by atoms with Gasteiger partial charge in [0.05, 0.1) is 0 Å². The zero-order valence-electron chi connectivity index (χ0n) is 13.4. The van der Waals surface area contributed by atoms with Gasteiger partial charge >= 0.3 is 0 Å². The molecule has 2 nitrogen and oxygen atoms in total. The summed E-state index contributed by atoms with van der Waals surface area (Å²) in [7, 11) is 0. The maximum absolute atomic E-state index is 3.76. The van der Waals surface area contributed by atoms with E-state index < -0.39 is 0 Å². The highest BCUT2D eigenvalue weighted by Crippen LogP contribution is 2.34. The van der Waals surface area contributed by atoms with Gasteiger partial charge in [0, 0.05) is 31.2 Å². The van der Waals surface area contributed by atoms with E-state index in [0.717, 1.165) is 12.6 Å². The molecule has 0 aromatic carbocycles. The standard InChI is InChI=1S/C16H34N2/c1-13(2)18(14(3)4)12-11-17-15-7-9-16(5,6)10-8-15/h13-15,17H,7-12H2,1-6H3. The van der Waals surface area contributed by atoms with Crippen LogP contribution in [0.2, 0.25) is 0 Å². The monoisotopic (exact) mass is 254 g/mol. The summed E-state index contributed by atoms with van der Waals surface area (Å²) in [6, 6.07) is 2.06. The molecule has 108 valence electrons. The van der Waals surface area contributed by atoms with E-state index in [1.165, 1.54) is 32.2 Å². The van der Waals surface area contributed by atoms with Gasteiger partial charge in [0.2, 0.25) is 0 Å². The molecule has 0 radical (unpaired) electrons. The fraction of sp³-hybridized carbons (Fsp3) is 1.00. The lowest BCUT2D eigenvalue weighted by atomic mass is 9.75. The Kier molecular flexibility index (Phi) is 6.13. The van der Waals surface area contributed by atoms with Crippen LogP contribution in [-0.2, 0) is 0 Å². The minimum absolute atomic E-state index is 0.583. The van der Waals surface area contributed by atoms with Crippen LogP contribution in [0.4, 0.5) is 0 Å². The Morgan fingerprint density at radius 3 is 2.00 bits per heavy atom. The van der Waals surface area contributed by atoms with Crippen LogP contribution in [0.1, 0.15) is 67.2 Å². The lowest BCUT2D eigenvalue weighted by Crippen LogP contribution is -2.44. The van der Waals surface area contributed by atoms with Crippen LogP contribution in [0, 0.1) is 5.41 Å². The van der Waals surface area contributed by atoms with Gasteiger partial charge in [0.15, 0.2) is 0 Å². The van der Waals surface area contributed by atoms with Crippen molar-refractivity contribution < 1.29 is 0 Å². The number of rotatable bonds is 6.